The van der Waals surface area contributed by atoms with Crippen molar-refractivity contribution in [2.45, 2.75) is 79.0 Å². The maximum absolute atomic E-state index is 5.98. The molecule has 1 unspecified atom stereocenters. The largest absolute Gasteiger partial charge is 0.361 e. The number of fused-ring (bicyclic) bond motifs is 1. The molecular formula is C27H41N5OSi. The second-order valence-electron chi connectivity index (χ2n) is 11.3. The van der Waals surface area contributed by atoms with Gasteiger partial charge in [0, 0.05) is 44.9 Å². The fourth-order valence-electron chi connectivity index (χ4n) is 5.02. The average molecular weight is 480 g/mol. The highest BCUT2D eigenvalue weighted by molar-refractivity contribution is 6.76. The summed E-state index contributed by atoms with van der Waals surface area (Å²) < 4.78 is 8.08. The minimum absolute atomic E-state index is 0.335. The number of nitrogens with zero attached hydrogens (tertiary/aromatic N) is 5. The number of aryl methyl sites for hydroxylation is 3. The third kappa shape index (κ3) is 6.12. The number of pyridine rings is 2. The lowest BCUT2D eigenvalue weighted by atomic mass is 9.98. The number of ether oxygens (including phenoxy) is 1. The van der Waals surface area contributed by atoms with Gasteiger partial charge < -0.3 is 4.74 Å². The fraction of sp³-hybridized carbons (Fsp3) is 0.593. The third-order valence-corrected chi connectivity index (χ3v) is 8.73. The number of rotatable bonds is 9. The summed E-state index contributed by atoms with van der Waals surface area (Å²) in [5, 5.41) is 0. The summed E-state index contributed by atoms with van der Waals surface area (Å²) in [5.74, 6) is 1.65. The Bertz CT molecular complexity index is 1120. The molecule has 1 fully saturated rings. The first-order valence-electron chi connectivity index (χ1n) is 12.7. The quantitative estimate of drug-likeness (QED) is 0.291. The number of aromatic nitrogens is 4. The highest BCUT2D eigenvalue weighted by atomic mass is 28.3. The standard InChI is InChI=1S/C27H41N5OSi/c1-19-12-24(13-20(2)29-19)14-23-8-9-31(17-23)21(3)25-15-26-27(28-16-25)32(22(4)30-26)18-33-10-11-34(5,6)7/h12-13,15-16,21,23H,8-11,14,17-18H2,1-7H3/t21?,23-/m0/s1. The Morgan fingerprint density at radius 3 is 2.53 bits per heavy atom. The highest BCUT2D eigenvalue weighted by Crippen LogP contribution is 2.30. The van der Waals surface area contributed by atoms with Crippen LogP contribution in [0.5, 0.6) is 0 Å². The minimum Gasteiger partial charge on any atom is -0.361 e. The second-order valence-corrected chi connectivity index (χ2v) is 17.0. The van der Waals surface area contributed by atoms with Crippen LogP contribution in [0.1, 0.15) is 47.7 Å². The molecule has 3 aromatic rings. The molecule has 1 saturated heterocycles. The Hall–Kier alpha value is -2.09. The molecule has 1 aliphatic rings. The predicted octanol–water partition coefficient (Wildman–Crippen LogP) is 5.69. The Kier molecular flexibility index (Phi) is 7.55. The lowest BCUT2D eigenvalue weighted by Gasteiger charge is -2.24. The van der Waals surface area contributed by atoms with E-state index in [0.29, 0.717) is 18.7 Å². The highest BCUT2D eigenvalue weighted by Gasteiger charge is 2.27. The molecule has 4 heterocycles. The lowest BCUT2D eigenvalue weighted by Crippen LogP contribution is -2.25. The van der Waals surface area contributed by atoms with Gasteiger partial charge in [0.05, 0.1) is 0 Å². The molecule has 0 saturated carbocycles. The van der Waals surface area contributed by atoms with E-state index in [9.17, 15) is 0 Å². The van der Waals surface area contributed by atoms with Gasteiger partial charge in [-0.1, -0.05) is 19.6 Å². The molecular weight excluding hydrogens is 438 g/mol. The molecule has 1 aliphatic heterocycles. The average Bonchev–Trinajstić information content (AvgIpc) is 3.32. The smallest absolute Gasteiger partial charge is 0.161 e. The van der Waals surface area contributed by atoms with Crippen molar-refractivity contribution in [1.29, 1.82) is 0 Å². The van der Waals surface area contributed by atoms with E-state index in [0.717, 1.165) is 54.5 Å². The molecule has 0 amide bonds. The number of likely N-dealkylation sites (tertiary alicyclic amines) is 1. The minimum atomic E-state index is -1.09. The van der Waals surface area contributed by atoms with Crippen LogP contribution in [0.2, 0.25) is 25.7 Å². The zero-order valence-corrected chi connectivity index (χ0v) is 23.1. The van der Waals surface area contributed by atoms with E-state index in [1.807, 2.05) is 13.1 Å². The van der Waals surface area contributed by atoms with Crippen molar-refractivity contribution in [2.75, 3.05) is 19.7 Å². The van der Waals surface area contributed by atoms with Crippen LogP contribution in [0.4, 0.5) is 0 Å². The van der Waals surface area contributed by atoms with Gasteiger partial charge in [0.25, 0.3) is 0 Å². The molecule has 6 nitrogen and oxygen atoms in total. The number of hydrogen-bond acceptors (Lipinski definition) is 5. The molecule has 184 valence electrons. The second kappa shape index (κ2) is 10.3. The van der Waals surface area contributed by atoms with Crippen LogP contribution in [0.15, 0.2) is 24.4 Å². The molecule has 34 heavy (non-hydrogen) atoms. The van der Waals surface area contributed by atoms with Gasteiger partial charge in [0.2, 0.25) is 0 Å². The fourth-order valence-corrected chi connectivity index (χ4v) is 5.78. The first kappa shape index (κ1) is 25.0. The first-order chi connectivity index (χ1) is 16.1. The molecule has 0 N–H and O–H groups in total. The monoisotopic (exact) mass is 479 g/mol. The van der Waals surface area contributed by atoms with E-state index in [2.05, 4.69) is 73.1 Å². The van der Waals surface area contributed by atoms with E-state index in [1.54, 1.807) is 0 Å². The Morgan fingerprint density at radius 1 is 1.09 bits per heavy atom. The summed E-state index contributed by atoms with van der Waals surface area (Å²) in [5.41, 5.74) is 6.79. The van der Waals surface area contributed by atoms with Gasteiger partial charge in [-0.3, -0.25) is 14.5 Å². The van der Waals surface area contributed by atoms with Crippen LogP contribution in [0, 0.1) is 26.7 Å². The van der Waals surface area contributed by atoms with Crippen molar-refractivity contribution < 1.29 is 4.74 Å². The van der Waals surface area contributed by atoms with Crippen LogP contribution in [-0.2, 0) is 17.9 Å². The summed E-state index contributed by atoms with van der Waals surface area (Å²) in [4.78, 5) is 16.7. The lowest BCUT2D eigenvalue weighted by molar-refractivity contribution is 0.0881. The molecule has 0 radical (unpaired) electrons. The van der Waals surface area contributed by atoms with E-state index in [4.69, 9.17) is 14.7 Å². The Balaban J connectivity index is 1.39. The maximum atomic E-state index is 5.98. The maximum Gasteiger partial charge on any atom is 0.161 e. The predicted molar refractivity (Wildman–Crippen MR) is 142 cm³/mol. The molecule has 3 aromatic heterocycles. The normalized spacial score (nSPS) is 18.1. The van der Waals surface area contributed by atoms with Crippen molar-refractivity contribution in [3.05, 3.63) is 52.7 Å². The molecule has 0 spiro atoms. The van der Waals surface area contributed by atoms with Crippen molar-refractivity contribution in [3.63, 3.8) is 0 Å². The Labute approximate surface area is 205 Å². The number of imidazole rings is 1. The third-order valence-electron chi connectivity index (χ3n) is 7.03. The van der Waals surface area contributed by atoms with Gasteiger partial charge in [-0.15, -0.1) is 0 Å². The van der Waals surface area contributed by atoms with Gasteiger partial charge in [0.1, 0.15) is 18.1 Å². The van der Waals surface area contributed by atoms with Crippen molar-refractivity contribution >= 4 is 19.2 Å². The molecule has 2 atom stereocenters. The van der Waals surface area contributed by atoms with E-state index in [-0.39, 0.29) is 0 Å². The summed E-state index contributed by atoms with van der Waals surface area (Å²) in [6, 6.07) is 8.21. The van der Waals surface area contributed by atoms with Gasteiger partial charge in [-0.25, -0.2) is 9.97 Å². The van der Waals surface area contributed by atoms with E-state index < -0.39 is 8.07 Å². The zero-order valence-electron chi connectivity index (χ0n) is 22.1. The molecule has 4 rings (SSSR count). The molecule has 0 aliphatic carbocycles. The van der Waals surface area contributed by atoms with Crippen LogP contribution in [-0.4, -0.2) is 52.2 Å². The SMILES string of the molecule is Cc1cc(C[C@@H]2CCN(C(C)c3cnc4c(c3)nc(C)n4COCC[Si](C)(C)C)C2)cc(C)n1. The van der Waals surface area contributed by atoms with Gasteiger partial charge in [-0.2, -0.15) is 0 Å². The summed E-state index contributed by atoms with van der Waals surface area (Å²) >= 11 is 0. The number of hydrogen-bond donors (Lipinski definition) is 0. The zero-order chi connectivity index (χ0) is 24.5. The van der Waals surface area contributed by atoms with E-state index >= 15 is 0 Å². The molecule has 0 aromatic carbocycles. The van der Waals surface area contributed by atoms with Crippen LogP contribution in [0.25, 0.3) is 11.2 Å². The van der Waals surface area contributed by atoms with Crippen LogP contribution >= 0.6 is 0 Å². The topological polar surface area (TPSA) is 56.1 Å². The van der Waals surface area contributed by atoms with Crippen LogP contribution < -0.4 is 0 Å². The van der Waals surface area contributed by atoms with Crippen LogP contribution in [0.3, 0.4) is 0 Å². The summed E-state index contributed by atoms with van der Waals surface area (Å²) in [7, 11) is -1.09. The summed E-state index contributed by atoms with van der Waals surface area (Å²) in [6.45, 7) is 19.2. The molecule has 7 heteroatoms. The van der Waals surface area contributed by atoms with Crippen molar-refractivity contribution in [1.82, 2.24) is 24.4 Å². The Morgan fingerprint density at radius 2 is 1.82 bits per heavy atom. The van der Waals surface area contributed by atoms with Gasteiger partial charge in [0.15, 0.2) is 5.65 Å². The molecule has 0 bridgehead atoms. The van der Waals surface area contributed by atoms with Gasteiger partial charge >= 0.3 is 0 Å². The first-order valence-corrected chi connectivity index (χ1v) is 16.4. The van der Waals surface area contributed by atoms with Crippen molar-refractivity contribution in [3.8, 4) is 0 Å². The van der Waals surface area contributed by atoms with Gasteiger partial charge in [-0.05, 0) is 88.4 Å². The van der Waals surface area contributed by atoms with E-state index in [1.165, 1.54) is 23.6 Å². The summed E-state index contributed by atoms with van der Waals surface area (Å²) in [6.07, 6.45) is 4.41. The van der Waals surface area contributed by atoms with Crippen molar-refractivity contribution in [2.24, 2.45) is 5.92 Å².